The van der Waals surface area contributed by atoms with E-state index < -0.39 is 0 Å². The molecule has 1 heteroatoms. The van der Waals surface area contributed by atoms with E-state index in [2.05, 4.69) is 24.8 Å². The number of thioether (sulfide) groups is 1. The second-order valence-electron chi connectivity index (χ2n) is 3.78. The zero-order valence-corrected chi connectivity index (χ0v) is 9.67. The maximum absolute atomic E-state index is 2.36. The summed E-state index contributed by atoms with van der Waals surface area (Å²) in [7, 11) is 0. The summed E-state index contributed by atoms with van der Waals surface area (Å²) in [4.78, 5) is 0. The molecule has 0 amide bonds. The van der Waals surface area contributed by atoms with Gasteiger partial charge in [0, 0.05) is 0 Å². The molecule has 0 nitrogen and oxygen atoms in total. The van der Waals surface area contributed by atoms with Crippen LogP contribution in [0.4, 0.5) is 0 Å². The largest absolute Gasteiger partial charge is 0.162 e. The van der Waals surface area contributed by atoms with Gasteiger partial charge in [-0.3, -0.25) is 0 Å². The van der Waals surface area contributed by atoms with Gasteiger partial charge in [-0.1, -0.05) is 37.8 Å². The Morgan fingerprint density at radius 2 is 1.85 bits per heavy atom. The van der Waals surface area contributed by atoms with Crippen molar-refractivity contribution in [1.29, 1.82) is 0 Å². The van der Waals surface area contributed by atoms with Crippen LogP contribution in [0.5, 0.6) is 0 Å². The SMILES string of the molecule is CCSCCCCCCCC1=CC1. The summed E-state index contributed by atoms with van der Waals surface area (Å²) in [5, 5.41) is 0. The molecule has 1 rings (SSSR count). The van der Waals surface area contributed by atoms with E-state index in [4.69, 9.17) is 0 Å². The topological polar surface area (TPSA) is 0 Å². The van der Waals surface area contributed by atoms with Crippen molar-refractivity contribution in [3.05, 3.63) is 11.6 Å². The van der Waals surface area contributed by atoms with Crippen LogP contribution in [0, 0.1) is 0 Å². The van der Waals surface area contributed by atoms with Gasteiger partial charge in [0.1, 0.15) is 0 Å². The Kier molecular flexibility index (Phi) is 6.43. The highest BCUT2D eigenvalue weighted by Crippen LogP contribution is 2.24. The Labute approximate surface area is 87.2 Å². The van der Waals surface area contributed by atoms with Crippen molar-refractivity contribution in [2.24, 2.45) is 0 Å². The lowest BCUT2D eigenvalue weighted by Crippen LogP contribution is -1.82. The van der Waals surface area contributed by atoms with Gasteiger partial charge < -0.3 is 0 Å². The summed E-state index contributed by atoms with van der Waals surface area (Å²) < 4.78 is 0. The van der Waals surface area contributed by atoms with Crippen LogP contribution >= 0.6 is 11.8 Å². The molecule has 0 heterocycles. The molecule has 0 aromatic heterocycles. The van der Waals surface area contributed by atoms with Crippen LogP contribution in [0.15, 0.2) is 11.6 Å². The number of hydrogen-bond donors (Lipinski definition) is 0. The minimum absolute atomic E-state index is 1.29. The third-order valence-electron chi connectivity index (χ3n) is 2.48. The number of allylic oxidation sites excluding steroid dienone is 2. The van der Waals surface area contributed by atoms with Gasteiger partial charge in [0.05, 0.1) is 0 Å². The van der Waals surface area contributed by atoms with Crippen LogP contribution in [0.25, 0.3) is 0 Å². The molecule has 13 heavy (non-hydrogen) atoms. The van der Waals surface area contributed by atoms with Gasteiger partial charge in [-0.25, -0.2) is 0 Å². The van der Waals surface area contributed by atoms with Crippen LogP contribution in [0.1, 0.15) is 51.9 Å². The molecule has 76 valence electrons. The third kappa shape index (κ3) is 7.18. The molecule has 0 bridgehead atoms. The van der Waals surface area contributed by atoms with Gasteiger partial charge in [0.2, 0.25) is 0 Å². The first kappa shape index (κ1) is 11.2. The highest BCUT2D eigenvalue weighted by Gasteiger charge is 2.04. The fraction of sp³-hybridized carbons (Fsp3) is 0.833. The molecule has 0 atom stereocenters. The lowest BCUT2D eigenvalue weighted by Gasteiger charge is -1.99. The normalized spacial score (nSPS) is 14.4. The van der Waals surface area contributed by atoms with Crippen molar-refractivity contribution in [1.82, 2.24) is 0 Å². The first-order valence-corrected chi connectivity index (χ1v) is 6.84. The van der Waals surface area contributed by atoms with Crippen LogP contribution in [-0.4, -0.2) is 11.5 Å². The predicted molar refractivity (Wildman–Crippen MR) is 63.4 cm³/mol. The van der Waals surface area contributed by atoms with E-state index in [1.165, 1.54) is 56.5 Å². The van der Waals surface area contributed by atoms with Gasteiger partial charge in [0.25, 0.3) is 0 Å². The quantitative estimate of drug-likeness (QED) is 0.390. The minimum Gasteiger partial charge on any atom is -0.162 e. The monoisotopic (exact) mass is 198 g/mol. The lowest BCUT2D eigenvalue weighted by molar-refractivity contribution is 0.636. The Balaban J connectivity index is 1.66. The van der Waals surface area contributed by atoms with Crippen LogP contribution in [-0.2, 0) is 0 Å². The summed E-state index contributed by atoms with van der Waals surface area (Å²) in [5.74, 6) is 2.66. The average molecular weight is 198 g/mol. The van der Waals surface area contributed by atoms with E-state index in [0.29, 0.717) is 0 Å². The predicted octanol–water partition coefficient (Wildman–Crippen LogP) is 4.41. The van der Waals surface area contributed by atoms with E-state index in [-0.39, 0.29) is 0 Å². The van der Waals surface area contributed by atoms with Gasteiger partial charge in [0.15, 0.2) is 0 Å². The van der Waals surface area contributed by atoms with Crippen molar-refractivity contribution < 1.29 is 0 Å². The standard InChI is InChI=1S/C12H22S/c1-2-13-11-7-5-3-4-6-8-12-9-10-12/h9H,2-8,10-11H2,1H3. The Morgan fingerprint density at radius 3 is 2.54 bits per heavy atom. The van der Waals surface area contributed by atoms with Crippen molar-refractivity contribution in [2.75, 3.05) is 11.5 Å². The van der Waals surface area contributed by atoms with Gasteiger partial charge in [-0.05, 0) is 37.2 Å². The lowest BCUT2D eigenvalue weighted by atomic mass is 10.1. The van der Waals surface area contributed by atoms with Gasteiger partial charge in [-0.15, -0.1) is 0 Å². The van der Waals surface area contributed by atoms with Crippen molar-refractivity contribution >= 4 is 11.8 Å². The molecule has 0 aromatic carbocycles. The second kappa shape index (κ2) is 7.49. The fourth-order valence-electron chi connectivity index (χ4n) is 1.51. The highest BCUT2D eigenvalue weighted by molar-refractivity contribution is 7.99. The van der Waals surface area contributed by atoms with E-state index in [1.807, 2.05) is 0 Å². The smallest absolute Gasteiger partial charge is 0.00676 e. The molecule has 0 spiro atoms. The zero-order valence-electron chi connectivity index (χ0n) is 8.85. The molecule has 1 aliphatic carbocycles. The summed E-state index contributed by atoms with van der Waals surface area (Å²) in [5.41, 5.74) is 1.71. The maximum atomic E-state index is 2.36. The second-order valence-corrected chi connectivity index (χ2v) is 5.18. The van der Waals surface area contributed by atoms with Crippen molar-refractivity contribution in [3.63, 3.8) is 0 Å². The Bertz CT molecular complexity index is 149. The molecule has 1 aliphatic rings. The number of hydrogen-bond acceptors (Lipinski definition) is 1. The molecule has 0 saturated heterocycles. The summed E-state index contributed by atoms with van der Waals surface area (Å²) >= 11 is 2.08. The van der Waals surface area contributed by atoms with Crippen LogP contribution in [0.2, 0.25) is 0 Å². The Hall–Kier alpha value is 0.0900. The van der Waals surface area contributed by atoms with E-state index in [0.717, 1.165) is 0 Å². The molecule has 0 aromatic rings. The van der Waals surface area contributed by atoms with Crippen molar-refractivity contribution in [2.45, 2.75) is 51.9 Å². The molecule has 0 aliphatic heterocycles. The molecule has 0 N–H and O–H groups in total. The zero-order chi connectivity index (χ0) is 9.36. The number of rotatable bonds is 9. The first-order valence-electron chi connectivity index (χ1n) is 5.69. The summed E-state index contributed by atoms with van der Waals surface area (Å²) in [6, 6.07) is 0. The first-order chi connectivity index (χ1) is 6.43. The van der Waals surface area contributed by atoms with E-state index in [1.54, 1.807) is 5.57 Å². The Morgan fingerprint density at radius 1 is 1.15 bits per heavy atom. The summed E-state index contributed by atoms with van der Waals surface area (Å²) in [6.45, 7) is 2.24. The molecule has 0 unspecified atom stereocenters. The molecular formula is C12H22S. The van der Waals surface area contributed by atoms with Crippen LogP contribution < -0.4 is 0 Å². The molecule has 0 saturated carbocycles. The van der Waals surface area contributed by atoms with Gasteiger partial charge >= 0.3 is 0 Å². The molecular weight excluding hydrogens is 176 g/mol. The van der Waals surface area contributed by atoms with E-state index in [9.17, 15) is 0 Å². The van der Waals surface area contributed by atoms with Crippen molar-refractivity contribution in [3.8, 4) is 0 Å². The summed E-state index contributed by atoms with van der Waals surface area (Å²) in [6.07, 6.45) is 12.3. The minimum atomic E-state index is 1.29. The third-order valence-corrected chi connectivity index (χ3v) is 3.47. The average Bonchev–Trinajstić information content (AvgIpc) is 2.93. The highest BCUT2D eigenvalue weighted by atomic mass is 32.2. The molecule has 0 radical (unpaired) electrons. The number of unbranched alkanes of at least 4 members (excludes halogenated alkanes) is 4. The van der Waals surface area contributed by atoms with Crippen LogP contribution in [0.3, 0.4) is 0 Å². The maximum Gasteiger partial charge on any atom is -0.00676 e. The molecule has 0 fully saturated rings. The van der Waals surface area contributed by atoms with Gasteiger partial charge in [-0.2, -0.15) is 11.8 Å². The fourth-order valence-corrected chi connectivity index (χ4v) is 2.20. The van der Waals surface area contributed by atoms with E-state index >= 15 is 0 Å².